The van der Waals surface area contributed by atoms with Gasteiger partial charge in [0, 0.05) is 37.8 Å². The molecule has 1 saturated heterocycles. The van der Waals surface area contributed by atoms with Crippen LogP contribution < -0.4 is 15.0 Å². The Kier molecular flexibility index (Phi) is 8.94. The number of aromatic nitrogens is 5. The number of benzene rings is 1. The first-order chi connectivity index (χ1) is 21.5. The molecule has 11 nitrogen and oxygen atoms in total. The molecular weight excluding hydrogens is 599 g/mol. The molecule has 240 valence electrons. The summed E-state index contributed by atoms with van der Waals surface area (Å²) in [5.74, 6) is 3.11. The smallest absolute Gasteiger partial charge is 0.289 e. The molecular formula is C32H40ClFN8O3. The lowest BCUT2D eigenvalue weighted by Gasteiger charge is -2.32. The van der Waals surface area contributed by atoms with Gasteiger partial charge in [0.1, 0.15) is 11.6 Å². The molecule has 0 bridgehead atoms. The molecule has 0 unspecified atom stereocenters. The van der Waals surface area contributed by atoms with Gasteiger partial charge in [0.25, 0.3) is 5.91 Å². The van der Waals surface area contributed by atoms with Crippen molar-refractivity contribution in [3.8, 4) is 5.75 Å². The van der Waals surface area contributed by atoms with Crippen molar-refractivity contribution < 1.29 is 18.7 Å². The molecule has 1 N–H and O–H groups in total. The van der Waals surface area contributed by atoms with Crippen molar-refractivity contribution >= 4 is 29.4 Å². The Balaban J connectivity index is 0.928. The third-order valence-corrected chi connectivity index (χ3v) is 9.13. The summed E-state index contributed by atoms with van der Waals surface area (Å²) < 4.78 is 22.6. The first-order valence-corrected chi connectivity index (χ1v) is 16.1. The van der Waals surface area contributed by atoms with Crippen LogP contribution >= 0.6 is 11.6 Å². The fraction of sp³-hybridized carbons (Fsp3) is 0.562. The van der Waals surface area contributed by atoms with E-state index in [0.29, 0.717) is 53.7 Å². The Labute approximate surface area is 267 Å². The zero-order valence-electron chi connectivity index (χ0n) is 26.0. The number of hydrogen-bond acceptors (Lipinski definition) is 8. The van der Waals surface area contributed by atoms with Gasteiger partial charge >= 0.3 is 0 Å². The van der Waals surface area contributed by atoms with E-state index >= 15 is 0 Å². The molecule has 0 radical (unpaired) electrons. The van der Waals surface area contributed by atoms with E-state index in [-0.39, 0.29) is 30.6 Å². The largest absolute Gasteiger partial charge is 0.493 e. The first-order valence-electron chi connectivity index (χ1n) is 15.7. The Morgan fingerprint density at radius 1 is 1.09 bits per heavy atom. The molecule has 13 heteroatoms. The summed E-state index contributed by atoms with van der Waals surface area (Å²) in [6.07, 6.45) is 7.65. The normalized spacial score (nSPS) is 20.1. The average molecular weight is 639 g/mol. The fourth-order valence-corrected chi connectivity index (χ4v) is 6.57. The van der Waals surface area contributed by atoms with Crippen LogP contribution in [0.25, 0.3) is 0 Å². The summed E-state index contributed by atoms with van der Waals surface area (Å²) >= 11 is 5.91. The predicted molar refractivity (Wildman–Crippen MR) is 166 cm³/mol. The summed E-state index contributed by atoms with van der Waals surface area (Å²) in [5, 5.41) is 11.6. The maximum absolute atomic E-state index is 15.0. The van der Waals surface area contributed by atoms with Gasteiger partial charge in [-0.25, -0.2) is 14.4 Å². The molecule has 2 amide bonds. The topological polar surface area (TPSA) is 118 Å². The standard InChI is InChI=1S/C32H40ClFN8O3/c1-32(2,3)37-30(44)29-39-38-27-19-41(11-12-42(27)29)28(43)15-22-4-5-24(16-26(22)34)45-13-8-21-14-25(21)20-6-9-40(10-7-20)31-35-17-23(33)18-36-31/h4-5,16-18,20-21,25H,6-15,19H2,1-3H3,(H,37,44)/t21-,25-/m1/s1. The third kappa shape index (κ3) is 7.54. The number of nitrogens with zero attached hydrogens (tertiary/aromatic N) is 7. The highest BCUT2D eigenvalue weighted by Gasteiger charge is 2.43. The van der Waals surface area contributed by atoms with Crippen molar-refractivity contribution in [2.75, 3.05) is 31.1 Å². The van der Waals surface area contributed by atoms with E-state index in [9.17, 15) is 14.0 Å². The number of carbonyl (C=O) groups is 2. The highest BCUT2D eigenvalue weighted by atomic mass is 35.5. The second-order valence-electron chi connectivity index (χ2n) is 13.4. The van der Waals surface area contributed by atoms with Crippen LogP contribution in [0.1, 0.15) is 68.5 Å². The Morgan fingerprint density at radius 3 is 2.56 bits per heavy atom. The second-order valence-corrected chi connectivity index (χ2v) is 13.8. The molecule has 1 saturated carbocycles. The highest BCUT2D eigenvalue weighted by molar-refractivity contribution is 6.30. The maximum Gasteiger partial charge on any atom is 0.289 e. The van der Waals surface area contributed by atoms with E-state index < -0.39 is 11.4 Å². The number of hydrogen-bond donors (Lipinski definition) is 1. The van der Waals surface area contributed by atoms with Crippen molar-refractivity contribution in [3.05, 3.63) is 58.6 Å². The summed E-state index contributed by atoms with van der Waals surface area (Å²) in [4.78, 5) is 38.2. The maximum atomic E-state index is 15.0. The van der Waals surface area contributed by atoms with E-state index in [1.807, 2.05) is 20.8 Å². The van der Waals surface area contributed by atoms with Gasteiger partial charge in [0.2, 0.25) is 17.7 Å². The second kappa shape index (κ2) is 12.9. The highest BCUT2D eigenvalue weighted by Crippen LogP contribution is 2.49. The zero-order chi connectivity index (χ0) is 31.7. The lowest BCUT2D eigenvalue weighted by Crippen LogP contribution is -2.43. The van der Waals surface area contributed by atoms with Gasteiger partial charge in [-0.3, -0.25) is 9.59 Å². The van der Waals surface area contributed by atoms with Crippen LogP contribution in [0.3, 0.4) is 0 Å². The van der Waals surface area contributed by atoms with Crippen molar-refractivity contribution in [1.29, 1.82) is 0 Å². The van der Waals surface area contributed by atoms with E-state index in [1.54, 1.807) is 34.0 Å². The molecule has 45 heavy (non-hydrogen) atoms. The van der Waals surface area contributed by atoms with E-state index in [0.717, 1.165) is 44.2 Å². The molecule has 2 atom stereocenters. The minimum atomic E-state index is -0.456. The van der Waals surface area contributed by atoms with Gasteiger partial charge in [-0.15, -0.1) is 10.2 Å². The van der Waals surface area contributed by atoms with Crippen molar-refractivity contribution in [3.63, 3.8) is 0 Å². The van der Waals surface area contributed by atoms with Gasteiger partial charge < -0.3 is 24.4 Å². The molecule has 2 aromatic heterocycles. The predicted octanol–water partition coefficient (Wildman–Crippen LogP) is 4.30. The molecule has 6 rings (SSSR count). The number of carbonyl (C=O) groups excluding carboxylic acids is 2. The lowest BCUT2D eigenvalue weighted by atomic mass is 9.90. The van der Waals surface area contributed by atoms with Gasteiger partial charge in [-0.05, 0) is 75.8 Å². The minimum Gasteiger partial charge on any atom is -0.493 e. The van der Waals surface area contributed by atoms with Crippen molar-refractivity contribution in [2.45, 2.75) is 71.5 Å². The Bertz CT molecular complexity index is 1530. The number of rotatable bonds is 9. The molecule has 1 aliphatic carbocycles. The van der Waals surface area contributed by atoms with Crippen LogP contribution in [-0.2, 0) is 24.3 Å². The van der Waals surface area contributed by atoms with Gasteiger partial charge in [-0.2, -0.15) is 0 Å². The zero-order valence-corrected chi connectivity index (χ0v) is 26.8. The van der Waals surface area contributed by atoms with E-state index in [4.69, 9.17) is 16.3 Å². The molecule has 3 aromatic rings. The van der Waals surface area contributed by atoms with Crippen molar-refractivity contribution in [1.82, 2.24) is 34.9 Å². The Morgan fingerprint density at radius 2 is 1.84 bits per heavy atom. The molecule has 2 fully saturated rings. The van der Waals surface area contributed by atoms with Crippen LogP contribution in [0.15, 0.2) is 30.6 Å². The van der Waals surface area contributed by atoms with Crippen molar-refractivity contribution in [2.24, 2.45) is 17.8 Å². The summed E-state index contributed by atoms with van der Waals surface area (Å²) in [7, 11) is 0. The number of anilines is 1. The summed E-state index contributed by atoms with van der Waals surface area (Å²) in [5.41, 5.74) is -0.0815. The van der Waals surface area contributed by atoms with Crippen LogP contribution in [-0.4, -0.2) is 73.2 Å². The number of amides is 2. The quantitative estimate of drug-likeness (QED) is 0.369. The van der Waals surface area contributed by atoms with Gasteiger partial charge in [-0.1, -0.05) is 17.7 Å². The molecule has 4 heterocycles. The lowest BCUT2D eigenvalue weighted by molar-refractivity contribution is -0.132. The average Bonchev–Trinajstić information content (AvgIpc) is 3.65. The number of piperidine rings is 1. The third-order valence-electron chi connectivity index (χ3n) is 8.93. The van der Waals surface area contributed by atoms with Crippen LogP contribution in [0.4, 0.5) is 10.3 Å². The van der Waals surface area contributed by atoms with Crippen LogP contribution in [0.5, 0.6) is 5.75 Å². The molecule has 2 aliphatic heterocycles. The van der Waals surface area contributed by atoms with E-state index in [1.165, 1.54) is 12.5 Å². The number of nitrogens with one attached hydrogen (secondary N) is 1. The van der Waals surface area contributed by atoms with Crippen LogP contribution in [0, 0.1) is 23.6 Å². The van der Waals surface area contributed by atoms with E-state index in [2.05, 4.69) is 30.4 Å². The van der Waals surface area contributed by atoms with Gasteiger partial charge in [0.05, 0.1) is 37.0 Å². The minimum absolute atomic E-state index is 0.0651. The number of halogens is 2. The first kappa shape index (κ1) is 31.2. The molecule has 3 aliphatic rings. The molecule has 0 spiro atoms. The molecule has 1 aromatic carbocycles. The monoisotopic (exact) mass is 638 g/mol. The number of ether oxygens (including phenoxy) is 1. The Hall–Kier alpha value is -3.80. The summed E-state index contributed by atoms with van der Waals surface area (Å²) in [6, 6.07) is 4.73. The summed E-state index contributed by atoms with van der Waals surface area (Å²) in [6.45, 7) is 9.14. The number of fused-ring (bicyclic) bond motifs is 1. The SMILES string of the molecule is CC(C)(C)NC(=O)c1nnc2n1CCN(C(=O)Cc1ccc(OCC[C@@H]3C[C@@H]3C3CCN(c4ncc(Cl)cn4)CC3)cc1F)C2. The fourth-order valence-electron chi connectivity index (χ4n) is 6.48. The van der Waals surface area contributed by atoms with Gasteiger partial charge in [0.15, 0.2) is 5.82 Å². The van der Waals surface area contributed by atoms with Crippen LogP contribution in [0.2, 0.25) is 5.02 Å².